The van der Waals surface area contributed by atoms with Crippen molar-refractivity contribution in [2.45, 2.75) is 51.4 Å². The highest BCUT2D eigenvalue weighted by atomic mass is 19.4. The molecule has 5 aromatic rings. The SMILES string of the molecule is COc1ncnc(C2CC2)c1-c1ncnc(N(CC#Cc2ccc(=O)[nH]n2)Cc2ccc(-c3nc(C(F)(F)F)cn3C(C)C)cc2)n1. The third-order valence-corrected chi connectivity index (χ3v) is 7.39. The minimum absolute atomic E-state index is 0.163. The first kappa shape index (κ1) is 31.3. The summed E-state index contributed by atoms with van der Waals surface area (Å²) in [6, 6.07) is 9.72. The summed E-state index contributed by atoms with van der Waals surface area (Å²) in [5.41, 5.74) is 1.88. The first-order valence-electron chi connectivity index (χ1n) is 14.7. The van der Waals surface area contributed by atoms with Crippen LogP contribution in [0, 0.1) is 11.8 Å². The number of nitrogens with zero attached hydrogens (tertiary/aromatic N) is 9. The third-order valence-electron chi connectivity index (χ3n) is 7.39. The topological polar surface area (TPSA) is 140 Å². The molecule has 12 nitrogen and oxygen atoms in total. The van der Waals surface area contributed by atoms with E-state index in [0.717, 1.165) is 30.3 Å². The van der Waals surface area contributed by atoms with Gasteiger partial charge in [-0.05, 0) is 44.2 Å². The summed E-state index contributed by atoms with van der Waals surface area (Å²) in [7, 11) is 1.53. The predicted molar refractivity (Wildman–Crippen MR) is 165 cm³/mol. The third kappa shape index (κ3) is 7.11. The Morgan fingerprint density at radius 2 is 1.81 bits per heavy atom. The van der Waals surface area contributed by atoms with Gasteiger partial charge in [0.25, 0.3) is 5.56 Å². The van der Waals surface area contributed by atoms with Crippen molar-refractivity contribution in [2.75, 3.05) is 18.6 Å². The minimum atomic E-state index is -4.56. The number of rotatable bonds is 9. The Hall–Kier alpha value is -5.65. The highest BCUT2D eigenvalue weighted by molar-refractivity contribution is 5.66. The molecule has 47 heavy (non-hydrogen) atoms. The van der Waals surface area contributed by atoms with E-state index in [-0.39, 0.29) is 29.9 Å². The Labute approximate surface area is 267 Å². The monoisotopic (exact) mass is 642 g/mol. The number of methoxy groups -OCH3 is 1. The van der Waals surface area contributed by atoms with Gasteiger partial charge < -0.3 is 14.2 Å². The van der Waals surface area contributed by atoms with Crippen molar-refractivity contribution < 1.29 is 17.9 Å². The lowest BCUT2D eigenvalue weighted by Gasteiger charge is -2.21. The van der Waals surface area contributed by atoms with E-state index in [1.165, 1.54) is 36.5 Å². The Balaban J connectivity index is 1.33. The molecule has 0 aliphatic heterocycles. The predicted octanol–water partition coefficient (Wildman–Crippen LogP) is 4.82. The van der Waals surface area contributed by atoms with Crippen LogP contribution < -0.4 is 15.2 Å². The normalized spacial score (nSPS) is 12.9. The smallest absolute Gasteiger partial charge is 0.434 e. The number of nitrogens with one attached hydrogen (secondary N) is 1. The molecule has 0 atom stereocenters. The fourth-order valence-electron chi connectivity index (χ4n) is 4.93. The number of ether oxygens (including phenoxy) is 1. The van der Waals surface area contributed by atoms with Crippen LogP contribution in [-0.4, -0.2) is 58.3 Å². The Morgan fingerprint density at radius 3 is 2.47 bits per heavy atom. The van der Waals surface area contributed by atoms with Gasteiger partial charge in [0.1, 0.15) is 29.7 Å². The van der Waals surface area contributed by atoms with Crippen molar-refractivity contribution >= 4 is 5.95 Å². The second-order valence-electron chi connectivity index (χ2n) is 11.1. The largest absolute Gasteiger partial charge is 0.480 e. The van der Waals surface area contributed by atoms with Gasteiger partial charge in [0.2, 0.25) is 11.8 Å². The maximum atomic E-state index is 13.5. The first-order valence-corrected chi connectivity index (χ1v) is 14.7. The van der Waals surface area contributed by atoms with Crippen LogP contribution >= 0.6 is 0 Å². The molecule has 1 aliphatic rings. The van der Waals surface area contributed by atoms with E-state index < -0.39 is 11.9 Å². The van der Waals surface area contributed by atoms with E-state index in [9.17, 15) is 18.0 Å². The van der Waals surface area contributed by atoms with Gasteiger partial charge in [0, 0.05) is 36.3 Å². The fraction of sp³-hybridized carbons (Fsp3) is 0.312. The lowest BCUT2D eigenvalue weighted by Crippen LogP contribution is -2.25. The molecule has 1 N–H and O–H groups in total. The second-order valence-corrected chi connectivity index (χ2v) is 11.1. The summed E-state index contributed by atoms with van der Waals surface area (Å²) in [4.78, 5) is 39.5. The molecule has 1 saturated carbocycles. The molecule has 1 aliphatic carbocycles. The number of alkyl halides is 3. The van der Waals surface area contributed by atoms with E-state index >= 15 is 0 Å². The Kier molecular flexibility index (Phi) is 8.66. The first-order chi connectivity index (χ1) is 22.6. The summed E-state index contributed by atoms with van der Waals surface area (Å²) in [6.07, 6.45) is 1.34. The van der Waals surface area contributed by atoms with Crippen LogP contribution in [0.3, 0.4) is 0 Å². The molecular weight excluding hydrogens is 613 g/mol. The van der Waals surface area contributed by atoms with Crippen molar-refractivity contribution in [2.24, 2.45) is 0 Å². The average Bonchev–Trinajstić information content (AvgIpc) is 3.81. The van der Waals surface area contributed by atoms with E-state index in [4.69, 9.17) is 9.72 Å². The molecule has 6 rings (SSSR count). The molecule has 0 unspecified atom stereocenters. The summed E-state index contributed by atoms with van der Waals surface area (Å²) in [6.45, 7) is 4.06. The zero-order chi connectivity index (χ0) is 33.1. The van der Waals surface area contributed by atoms with Crippen LogP contribution in [0.5, 0.6) is 5.88 Å². The molecule has 0 spiro atoms. The number of aromatic nitrogens is 9. The van der Waals surface area contributed by atoms with E-state index in [1.54, 1.807) is 26.0 Å². The van der Waals surface area contributed by atoms with Crippen LogP contribution in [0.25, 0.3) is 22.8 Å². The van der Waals surface area contributed by atoms with Gasteiger partial charge in [-0.1, -0.05) is 30.2 Å². The number of hydrogen-bond acceptors (Lipinski definition) is 10. The van der Waals surface area contributed by atoms with Gasteiger partial charge in [-0.2, -0.15) is 23.3 Å². The Morgan fingerprint density at radius 1 is 1.04 bits per heavy atom. The van der Waals surface area contributed by atoms with Crippen molar-refractivity contribution in [3.8, 4) is 40.5 Å². The number of halogens is 3. The minimum Gasteiger partial charge on any atom is -0.480 e. The molecule has 240 valence electrons. The van der Waals surface area contributed by atoms with E-state index in [2.05, 4.69) is 47.0 Å². The van der Waals surface area contributed by atoms with Crippen molar-refractivity contribution in [3.63, 3.8) is 0 Å². The zero-order valence-electron chi connectivity index (χ0n) is 25.7. The summed E-state index contributed by atoms with van der Waals surface area (Å²) in [5.74, 6) is 7.51. The highest BCUT2D eigenvalue weighted by Crippen LogP contribution is 2.44. The summed E-state index contributed by atoms with van der Waals surface area (Å²) >= 11 is 0. The van der Waals surface area contributed by atoms with E-state index in [0.29, 0.717) is 41.0 Å². The van der Waals surface area contributed by atoms with Crippen LogP contribution in [0.2, 0.25) is 0 Å². The van der Waals surface area contributed by atoms with Crippen LogP contribution in [0.1, 0.15) is 61.3 Å². The molecule has 15 heteroatoms. The number of aromatic amines is 1. The maximum absolute atomic E-state index is 13.5. The molecule has 4 heterocycles. The maximum Gasteiger partial charge on any atom is 0.434 e. The number of anilines is 1. The lowest BCUT2D eigenvalue weighted by molar-refractivity contribution is -0.140. The molecule has 1 aromatic carbocycles. The average molecular weight is 643 g/mol. The molecule has 0 amide bonds. The molecule has 0 bridgehead atoms. The molecular formula is C32H29F3N10O2. The van der Waals surface area contributed by atoms with Gasteiger partial charge in [-0.15, -0.1) is 0 Å². The van der Waals surface area contributed by atoms with Crippen LogP contribution in [0.4, 0.5) is 19.1 Å². The fourth-order valence-corrected chi connectivity index (χ4v) is 4.93. The van der Waals surface area contributed by atoms with Crippen LogP contribution in [-0.2, 0) is 12.7 Å². The number of benzene rings is 1. The molecule has 1 fully saturated rings. The van der Waals surface area contributed by atoms with Crippen LogP contribution in [0.15, 0.2) is 60.0 Å². The van der Waals surface area contributed by atoms with Crippen molar-refractivity contribution in [3.05, 3.63) is 88.2 Å². The number of imidazole rings is 1. The van der Waals surface area contributed by atoms with E-state index in [1.807, 2.05) is 17.0 Å². The molecule has 4 aromatic heterocycles. The van der Waals surface area contributed by atoms with Crippen molar-refractivity contribution in [1.29, 1.82) is 0 Å². The lowest BCUT2D eigenvalue weighted by atomic mass is 10.1. The van der Waals surface area contributed by atoms with Gasteiger partial charge in [-0.25, -0.2) is 30.0 Å². The Bertz CT molecular complexity index is 1990. The van der Waals surface area contributed by atoms with Gasteiger partial charge in [0.15, 0.2) is 11.5 Å². The van der Waals surface area contributed by atoms with Gasteiger partial charge in [-0.3, -0.25) is 4.79 Å². The quantitative estimate of drug-likeness (QED) is 0.223. The van der Waals surface area contributed by atoms with Crippen molar-refractivity contribution in [1.82, 2.24) is 44.7 Å². The summed E-state index contributed by atoms with van der Waals surface area (Å²) in [5, 5.41) is 6.29. The van der Waals surface area contributed by atoms with Gasteiger partial charge >= 0.3 is 6.18 Å². The van der Waals surface area contributed by atoms with Gasteiger partial charge in [0.05, 0.1) is 19.3 Å². The standard InChI is InChI=1S/C32H29F3N10O2/c1-19(2)45-16-24(32(33,34)35)40-29(45)22-8-6-20(7-9-22)15-44(14-4-5-23-12-13-25(46)43-42-23)31-39-18-37-28(41-31)26-27(21-10-11-21)36-17-38-30(26)47-3/h6-9,12-13,16-19,21H,10-11,14-15H2,1-3H3,(H,43,46). The zero-order valence-corrected chi connectivity index (χ0v) is 25.7. The molecule has 0 radical (unpaired) electrons. The summed E-state index contributed by atoms with van der Waals surface area (Å²) < 4.78 is 47.4. The number of H-pyrrole nitrogens is 1. The second kappa shape index (κ2) is 13.0. The molecule has 0 saturated heterocycles. The highest BCUT2D eigenvalue weighted by Gasteiger charge is 2.35. The number of hydrogen-bond donors (Lipinski definition) is 1.